The van der Waals surface area contributed by atoms with Crippen LogP contribution in [-0.2, 0) is 10.0 Å². The van der Waals surface area contributed by atoms with Crippen LogP contribution in [0.25, 0.3) is 11.0 Å². The van der Waals surface area contributed by atoms with Gasteiger partial charge in [0.25, 0.3) is 5.91 Å². The zero-order valence-electron chi connectivity index (χ0n) is 16.2. The third kappa shape index (κ3) is 3.93. The number of rotatable bonds is 4. The maximum atomic E-state index is 12.9. The van der Waals surface area contributed by atoms with Gasteiger partial charge in [-0.05, 0) is 69.1 Å². The lowest BCUT2D eigenvalue weighted by atomic mass is 9.88. The molecule has 152 valence electrons. The highest BCUT2D eigenvalue weighted by Crippen LogP contribution is 2.27. The average molecular weight is 406 g/mol. The van der Waals surface area contributed by atoms with Crippen LogP contribution in [0, 0.1) is 5.92 Å². The summed E-state index contributed by atoms with van der Waals surface area (Å²) in [6, 6.07) is 4.56. The van der Waals surface area contributed by atoms with E-state index in [4.69, 9.17) is 4.52 Å². The number of piperidine rings is 1. The summed E-state index contributed by atoms with van der Waals surface area (Å²) in [5.74, 6) is 0.458. The lowest BCUT2D eigenvalue weighted by molar-refractivity contribution is 0.0716. The van der Waals surface area contributed by atoms with E-state index < -0.39 is 10.0 Å². The second kappa shape index (κ2) is 7.83. The van der Waals surface area contributed by atoms with Crippen molar-refractivity contribution in [2.24, 2.45) is 5.92 Å². The third-order valence-electron chi connectivity index (χ3n) is 5.94. The number of nitrogens with one attached hydrogen (secondary N) is 1. The molecule has 1 aliphatic heterocycles. The monoisotopic (exact) mass is 405 g/mol. The quantitative estimate of drug-likeness (QED) is 0.842. The topological polar surface area (TPSA) is 92.5 Å². The van der Waals surface area contributed by atoms with Gasteiger partial charge in [-0.15, -0.1) is 0 Å². The van der Waals surface area contributed by atoms with E-state index in [0.29, 0.717) is 30.0 Å². The first-order valence-corrected chi connectivity index (χ1v) is 11.6. The molecule has 2 heterocycles. The Morgan fingerprint density at radius 3 is 2.57 bits per heavy atom. The molecule has 2 aliphatic rings. The molecule has 1 amide bonds. The number of sulfonamides is 1. The van der Waals surface area contributed by atoms with Gasteiger partial charge in [0, 0.05) is 19.1 Å². The number of amides is 1. The van der Waals surface area contributed by atoms with Crippen LogP contribution in [0.2, 0.25) is 0 Å². The van der Waals surface area contributed by atoms with E-state index in [0.717, 1.165) is 44.9 Å². The summed E-state index contributed by atoms with van der Waals surface area (Å²) in [6.07, 6.45) is 6.86. The largest absolute Gasteiger partial charge is 0.355 e. The van der Waals surface area contributed by atoms with Crippen LogP contribution in [0.15, 0.2) is 27.6 Å². The number of hydrogen-bond acceptors (Lipinski definition) is 5. The zero-order valence-corrected chi connectivity index (χ0v) is 17.0. The number of aromatic nitrogens is 1. The molecular weight excluding hydrogens is 378 g/mol. The van der Waals surface area contributed by atoms with Gasteiger partial charge in [-0.3, -0.25) is 4.79 Å². The molecule has 4 rings (SSSR count). The molecule has 0 atom stereocenters. The van der Waals surface area contributed by atoms with E-state index in [1.807, 2.05) is 0 Å². The number of carbonyl (C=O) groups excluding carboxylic acids is 1. The molecule has 0 radical (unpaired) electrons. The van der Waals surface area contributed by atoms with Gasteiger partial charge < -0.3 is 9.42 Å². The minimum Gasteiger partial charge on any atom is -0.355 e. The van der Waals surface area contributed by atoms with Gasteiger partial charge >= 0.3 is 0 Å². The van der Waals surface area contributed by atoms with E-state index in [2.05, 4.69) is 16.8 Å². The van der Waals surface area contributed by atoms with Crippen molar-refractivity contribution in [3.8, 4) is 0 Å². The summed E-state index contributed by atoms with van der Waals surface area (Å²) >= 11 is 0. The SMILES string of the molecule is CC1CCC(NS(=O)(=O)c2ccc3onc(C(=O)N4CCCCC4)c3c2)CC1. The minimum atomic E-state index is -3.66. The van der Waals surface area contributed by atoms with Crippen LogP contribution in [-0.4, -0.2) is 43.5 Å². The fraction of sp³-hybridized carbons (Fsp3) is 0.600. The van der Waals surface area contributed by atoms with Crippen LogP contribution >= 0.6 is 0 Å². The molecule has 0 spiro atoms. The maximum Gasteiger partial charge on any atom is 0.276 e. The summed E-state index contributed by atoms with van der Waals surface area (Å²) in [5, 5.41) is 4.39. The predicted octanol–water partition coefficient (Wildman–Crippen LogP) is 3.31. The van der Waals surface area contributed by atoms with E-state index in [-0.39, 0.29) is 22.5 Å². The Bertz CT molecular complexity index is 955. The maximum absolute atomic E-state index is 12.9. The van der Waals surface area contributed by atoms with Crippen LogP contribution in [0.4, 0.5) is 0 Å². The summed E-state index contributed by atoms with van der Waals surface area (Å²) in [6.45, 7) is 3.60. The lowest BCUT2D eigenvalue weighted by Gasteiger charge is -2.26. The van der Waals surface area contributed by atoms with Crippen molar-refractivity contribution < 1.29 is 17.7 Å². The van der Waals surface area contributed by atoms with Gasteiger partial charge in [-0.1, -0.05) is 12.1 Å². The Morgan fingerprint density at radius 2 is 1.86 bits per heavy atom. The van der Waals surface area contributed by atoms with Crippen LogP contribution < -0.4 is 4.72 Å². The molecule has 1 aromatic carbocycles. The van der Waals surface area contributed by atoms with Crippen molar-refractivity contribution in [2.75, 3.05) is 13.1 Å². The Labute approximate surface area is 165 Å². The first-order valence-electron chi connectivity index (χ1n) is 10.1. The van der Waals surface area contributed by atoms with Crippen molar-refractivity contribution in [3.63, 3.8) is 0 Å². The van der Waals surface area contributed by atoms with Gasteiger partial charge in [-0.2, -0.15) is 0 Å². The third-order valence-corrected chi connectivity index (χ3v) is 7.45. The highest BCUT2D eigenvalue weighted by Gasteiger charge is 2.27. The molecule has 1 aromatic heterocycles. The molecule has 1 aliphatic carbocycles. The number of benzene rings is 1. The van der Waals surface area contributed by atoms with Crippen LogP contribution in [0.1, 0.15) is 62.4 Å². The molecule has 7 nitrogen and oxygen atoms in total. The Balaban J connectivity index is 1.59. The molecule has 1 saturated heterocycles. The Morgan fingerprint density at radius 1 is 1.14 bits per heavy atom. The lowest BCUT2D eigenvalue weighted by Crippen LogP contribution is -2.37. The number of nitrogens with zero attached hydrogens (tertiary/aromatic N) is 2. The summed E-state index contributed by atoms with van der Waals surface area (Å²) in [5.41, 5.74) is 0.617. The van der Waals surface area contributed by atoms with Gasteiger partial charge in [0.1, 0.15) is 0 Å². The van der Waals surface area contributed by atoms with E-state index in [1.165, 1.54) is 12.1 Å². The highest BCUT2D eigenvalue weighted by molar-refractivity contribution is 7.89. The Kier molecular flexibility index (Phi) is 5.42. The van der Waals surface area contributed by atoms with Crippen molar-refractivity contribution in [1.82, 2.24) is 14.8 Å². The van der Waals surface area contributed by atoms with Gasteiger partial charge in [0.15, 0.2) is 11.3 Å². The summed E-state index contributed by atoms with van der Waals surface area (Å²) in [4.78, 5) is 14.7. The first-order chi connectivity index (χ1) is 13.4. The fourth-order valence-electron chi connectivity index (χ4n) is 4.15. The second-order valence-electron chi connectivity index (χ2n) is 8.12. The van der Waals surface area contributed by atoms with E-state index >= 15 is 0 Å². The molecule has 2 aromatic rings. The fourth-order valence-corrected chi connectivity index (χ4v) is 5.48. The summed E-state index contributed by atoms with van der Waals surface area (Å²) < 4.78 is 33.9. The minimum absolute atomic E-state index is 0.0335. The molecular formula is C20H27N3O4S. The highest BCUT2D eigenvalue weighted by atomic mass is 32.2. The van der Waals surface area contributed by atoms with Gasteiger partial charge in [0.05, 0.1) is 10.3 Å². The van der Waals surface area contributed by atoms with Crippen LogP contribution in [0.5, 0.6) is 0 Å². The smallest absolute Gasteiger partial charge is 0.276 e. The molecule has 0 unspecified atom stereocenters. The molecule has 2 fully saturated rings. The zero-order chi connectivity index (χ0) is 19.7. The Hall–Kier alpha value is -1.93. The van der Waals surface area contributed by atoms with Gasteiger partial charge in [0.2, 0.25) is 10.0 Å². The number of likely N-dealkylation sites (tertiary alicyclic amines) is 1. The van der Waals surface area contributed by atoms with Crippen molar-refractivity contribution in [2.45, 2.75) is 62.8 Å². The predicted molar refractivity (Wildman–Crippen MR) is 106 cm³/mol. The van der Waals surface area contributed by atoms with E-state index in [1.54, 1.807) is 11.0 Å². The van der Waals surface area contributed by atoms with Crippen molar-refractivity contribution in [1.29, 1.82) is 0 Å². The number of carbonyl (C=O) groups is 1. The number of fused-ring (bicyclic) bond motifs is 1. The molecule has 0 bridgehead atoms. The summed E-state index contributed by atoms with van der Waals surface area (Å²) in [7, 11) is -3.66. The second-order valence-corrected chi connectivity index (χ2v) is 9.83. The van der Waals surface area contributed by atoms with Crippen molar-refractivity contribution >= 4 is 26.9 Å². The standard InChI is InChI=1S/C20H27N3O4S/c1-14-5-7-15(8-6-14)22-28(25,26)16-9-10-18-17(13-16)19(21-27-18)20(24)23-11-3-2-4-12-23/h9-10,13-15,22H,2-8,11-12H2,1H3. The molecule has 28 heavy (non-hydrogen) atoms. The van der Waals surface area contributed by atoms with Crippen LogP contribution in [0.3, 0.4) is 0 Å². The van der Waals surface area contributed by atoms with Gasteiger partial charge in [-0.25, -0.2) is 13.1 Å². The average Bonchev–Trinajstić information content (AvgIpc) is 3.13. The molecule has 8 heteroatoms. The molecule has 1 N–H and O–H groups in total. The number of hydrogen-bond donors (Lipinski definition) is 1. The van der Waals surface area contributed by atoms with E-state index in [9.17, 15) is 13.2 Å². The first kappa shape index (κ1) is 19.4. The molecule has 1 saturated carbocycles. The normalized spacial score (nSPS) is 23.8. The van der Waals surface area contributed by atoms with Crippen molar-refractivity contribution in [3.05, 3.63) is 23.9 Å².